The van der Waals surface area contributed by atoms with E-state index >= 15 is 0 Å². The molecule has 0 saturated carbocycles. The number of hydrogen-bond acceptors (Lipinski definition) is 4. The Balaban J connectivity index is 2.21. The number of aliphatic hydroxyl groups is 1. The lowest BCUT2D eigenvalue weighted by atomic mass is 9.99. The predicted octanol–water partition coefficient (Wildman–Crippen LogP) is 2.53. The van der Waals surface area contributed by atoms with Crippen LogP contribution in [0.2, 0.25) is 0 Å². The van der Waals surface area contributed by atoms with Crippen LogP contribution in [0, 0.1) is 0 Å². The second kappa shape index (κ2) is 4.76. The molecular formula is C15H24N2O2. The Morgan fingerprint density at radius 3 is 2.21 bits per heavy atom. The summed E-state index contributed by atoms with van der Waals surface area (Å²) in [6, 6.07) is 3.90. The summed E-state index contributed by atoms with van der Waals surface area (Å²) in [5.41, 5.74) is 0.467. The third kappa shape index (κ3) is 3.45. The summed E-state index contributed by atoms with van der Waals surface area (Å²) >= 11 is 0. The van der Waals surface area contributed by atoms with Crippen LogP contribution in [0.15, 0.2) is 18.3 Å². The molecule has 19 heavy (non-hydrogen) atoms. The molecule has 2 heterocycles. The van der Waals surface area contributed by atoms with Gasteiger partial charge in [-0.1, -0.05) is 6.07 Å². The van der Waals surface area contributed by atoms with E-state index in [1.807, 2.05) is 12.1 Å². The number of morpholine rings is 1. The van der Waals surface area contributed by atoms with Gasteiger partial charge in [0.25, 0.3) is 0 Å². The van der Waals surface area contributed by atoms with Crippen LogP contribution in [0.1, 0.15) is 46.3 Å². The topological polar surface area (TPSA) is 45.6 Å². The lowest BCUT2D eigenvalue weighted by molar-refractivity contribution is -0.133. The van der Waals surface area contributed by atoms with Crippen LogP contribution >= 0.6 is 0 Å². The minimum absolute atomic E-state index is 0.188. The smallest absolute Gasteiger partial charge is 0.128 e. The molecule has 1 saturated heterocycles. The fraction of sp³-hybridized carbons (Fsp3) is 0.667. The first kappa shape index (κ1) is 14.3. The maximum atomic E-state index is 9.52. The van der Waals surface area contributed by atoms with Gasteiger partial charge in [0.15, 0.2) is 0 Å². The first-order chi connectivity index (χ1) is 8.69. The van der Waals surface area contributed by atoms with Gasteiger partial charge < -0.3 is 14.7 Å². The zero-order valence-electron chi connectivity index (χ0n) is 12.5. The van der Waals surface area contributed by atoms with E-state index < -0.39 is 6.10 Å². The fourth-order valence-corrected chi connectivity index (χ4v) is 2.78. The number of hydrogen-bond donors (Lipinski definition) is 1. The van der Waals surface area contributed by atoms with Crippen molar-refractivity contribution in [1.82, 2.24) is 4.98 Å². The Labute approximate surface area is 115 Å². The molecule has 1 aliphatic heterocycles. The van der Waals surface area contributed by atoms with Gasteiger partial charge in [-0.05, 0) is 46.2 Å². The average molecular weight is 264 g/mol. The molecule has 0 aromatic carbocycles. The van der Waals surface area contributed by atoms with Crippen molar-refractivity contribution < 1.29 is 9.84 Å². The van der Waals surface area contributed by atoms with Crippen molar-refractivity contribution in [3.8, 4) is 0 Å². The largest absolute Gasteiger partial charge is 0.389 e. The fourth-order valence-electron chi connectivity index (χ4n) is 2.78. The van der Waals surface area contributed by atoms with Crippen molar-refractivity contribution in [2.45, 2.75) is 51.9 Å². The second-order valence-electron chi connectivity index (χ2n) is 6.60. The second-order valence-corrected chi connectivity index (χ2v) is 6.60. The monoisotopic (exact) mass is 264 g/mol. The molecule has 0 radical (unpaired) electrons. The maximum Gasteiger partial charge on any atom is 0.128 e. The van der Waals surface area contributed by atoms with Crippen LogP contribution in [0.25, 0.3) is 0 Å². The predicted molar refractivity (Wildman–Crippen MR) is 76.3 cm³/mol. The number of rotatable bonds is 2. The van der Waals surface area contributed by atoms with E-state index in [1.54, 1.807) is 13.1 Å². The van der Waals surface area contributed by atoms with Crippen LogP contribution in [0.5, 0.6) is 0 Å². The highest BCUT2D eigenvalue weighted by atomic mass is 16.5. The van der Waals surface area contributed by atoms with Gasteiger partial charge in [-0.2, -0.15) is 0 Å². The van der Waals surface area contributed by atoms with Crippen LogP contribution < -0.4 is 4.90 Å². The molecule has 0 spiro atoms. The molecule has 0 bridgehead atoms. The van der Waals surface area contributed by atoms with Gasteiger partial charge in [-0.25, -0.2) is 4.98 Å². The minimum atomic E-state index is -0.473. The van der Waals surface area contributed by atoms with Crippen LogP contribution in [0.4, 0.5) is 5.82 Å². The first-order valence-corrected chi connectivity index (χ1v) is 6.78. The van der Waals surface area contributed by atoms with Crippen molar-refractivity contribution in [3.05, 3.63) is 23.9 Å². The van der Waals surface area contributed by atoms with E-state index in [2.05, 4.69) is 37.6 Å². The third-order valence-electron chi connectivity index (χ3n) is 3.27. The number of anilines is 1. The van der Waals surface area contributed by atoms with Crippen LogP contribution in [-0.2, 0) is 4.74 Å². The molecule has 1 fully saturated rings. The molecule has 4 nitrogen and oxygen atoms in total. The van der Waals surface area contributed by atoms with Crippen molar-refractivity contribution >= 4 is 5.82 Å². The Hall–Kier alpha value is -1.13. The lowest BCUT2D eigenvalue weighted by Crippen LogP contribution is -2.57. The van der Waals surface area contributed by atoms with E-state index in [4.69, 9.17) is 4.74 Å². The summed E-state index contributed by atoms with van der Waals surface area (Å²) in [6.45, 7) is 11.8. The van der Waals surface area contributed by atoms with Gasteiger partial charge in [-0.3, -0.25) is 0 Å². The summed E-state index contributed by atoms with van der Waals surface area (Å²) in [5, 5.41) is 9.52. The summed E-state index contributed by atoms with van der Waals surface area (Å²) in [5.74, 6) is 0.939. The summed E-state index contributed by atoms with van der Waals surface area (Å²) in [4.78, 5) is 6.71. The maximum absolute atomic E-state index is 9.52. The normalized spacial score (nSPS) is 23.2. The van der Waals surface area contributed by atoms with Crippen molar-refractivity contribution in [3.63, 3.8) is 0 Å². The zero-order chi connectivity index (χ0) is 14.3. The number of pyridine rings is 1. The quantitative estimate of drug-likeness (QED) is 0.891. The van der Waals surface area contributed by atoms with Gasteiger partial charge >= 0.3 is 0 Å². The minimum Gasteiger partial charge on any atom is -0.389 e. The Kier molecular flexibility index (Phi) is 3.58. The number of ether oxygens (including phenoxy) is 1. The van der Waals surface area contributed by atoms with Crippen LogP contribution in [-0.4, -0.2) is 34.4 Å². The first-order valence-electron chi connectivity index (χ1n) is 6.78. The van der Waals surface area contributed by atoms with E-state index in [-0.39, 0.29) is 11.2 Å². The number of aliphatic hydroxyl groups excluding tert-OH is 1. The van der Waals surface area contributed by atoms with E-state index in [9.17, 15) is 5.11 Å². The molecule has 1 aromatic heterocycles. The molecule has 4 heteroatoms. The molecule has 1 aliphatic rings. The number of nitrogens with zero attached hydrogens (tertiary/aromatic N) is 2. The van der Waals surface area contributed by atoms with Gasteiger partial charge in [0.1, 0.15) is 5.82 Å². The zero-order valence-corrected chi connectivity index (χ0v) is 12.5. The Morgan fingerprint density at radius 2 is 1.79 bits per heavy atom. The van der Waals surface area contributed by atoms with Crippen molar-refractivity contribution in [1.29, 1.82) is 0 Å². The van der Waals surface area contributed by atoms with Gasteiger partial charge in [-0.15, -0.1) is 0 Å². The molecule has 106 valence electrons. The van der Waals surface area contributed by atoms with E-state index in [1.165, 1.54) is 0 Å². The molecule has 1 aromatic rings. The van der Waals surface area contributed by atoms with Gasteiger partial charge in [0.05, 0.1) is 17.3 Å². The molecule has 2 rings (SSSR count). The summed E-state index contributed by atoms with van der Waals surface area (Å²) < 4.78 is 6.07. The van der Waals surface area contributed by atoms with E-state index in [0.717, 1.165) is 24.5 Å². The molecule has 0 aliphatic carbocycles. The van der Waals surface area contributed by atoms with Crippen molar-refractivity contribution in [2.24, 2.45) is 0 Å². The molecule has 0 amide bonds. The molecular weight excluding hydrogens is 240 g/mol. The SMILES string of the molecule is C[C@H](O)c1ccc(N2CC(C)(C)OC(C)(C)C2)nc1. The van der Waals surface area contributed by atoms with Crippen LogP contribution in [0.3, 0.4) is 0 Å². The molecule has 1 N–H and O–H groups in total. The summed E-state index contributed by atoms with van der Waals surface area (Å²) in [7, 11) is 0. The highest BCUT2D eigenvalue weighted by molar-refractivity contribution is 5.41. The van der Waals surface area contributed by atoms with Gasteiger partial charge in [0, 0.05) is 19.3 Å². The average Bonchev–Trinajstić information content (AvgIpc) is 2.25. The highest BCUT2D eigenvalue weighted by Crippen LogP contribution is 2.30. The highest BCUT2D eigenvalue weighted by Gasteiger charge is 2.38. The summed E-state index contributed by atoms with van der Waals surface area (Å²) in [6.07, 6.45) is 1.27. The van der Waals surface area contributed by atoms with Crippen molar-refractivity contribution in [2.75, 3.05) is 18.0 Å². The molecule has 1 atom stereocenters. The Morgan fingerprint density at radius 1 is 1.21 bits per heavy atom. The standard InChI is InChI=1S/C15H24N2O2/c1-11(18)12-6-7-13(16-8-12)17-9-14(2,3)19-15(4,5)10-17/h6-8,11,18H,9-10H2,1-5H3/t11-/m0/s1. The third-order valence-corrected chi connectivity index (χ3v) is 3.27. The molecule has 0 unspecified atom stereocenters. The van der Waals surface area contributed by atoms with Gasteiger partial charge in [0.2, 0.25) is 0 Å². The Bertz CT molecular complexity index is 422. The number of aromatic nitrogens is 1. The van der Waals surface area contributed by atoms with E-state index in [0.29, 0.717) is 0 Å². The lowest BCUT2D eigenvalue weighted by Gasteiger charge is -2.47.